The summed E-state index contributed by atoms with van der Waals surface area (Å²) in [6.07, 6.45) is 7.11. The molecule has 2 aromatic heterocycles. The number of carbonyl (C=O) groups excluding carboxylic acids is 2. The summed E-state index contributed by atoms with van der Waals surface area (Å²) in [5.41, 5.74) is 1.47. The number of ether oxygens (including phenoxy) is 1. The molecule has 0 spiro atoms. The van der Waals surface area contributed by atoms with Crippen LogP contribution in [-0.4, -0.2) is 33.3 Å². The summed E-state index contributed by atoms with van der Waals surface area (Å²) in [6, 6.07) is 6.71. The van der Waals surface area contributed by atoms with Gasteiger partial charge in [-0.3, -0.25) is 9.48 Å². The van der Waals surface area contributed by atoms with Gasteiger partial charge < -0.3 is 9.30 Å². The molecule has 0 radical (unpaired) electrons. The van der Waals surface area contributed by atoms with Crippen molar-refractivity contribution in [1.82, 2.24) is 14.3 Å². The molecule has 0 bridgehead atoms. The maximum Gasteiger partial charge on any atom is 0.337 e. The summed E-state index contributed by atoms with van der Waals surface area (Å²) in [4.78, 5) is 28.6. The molecule has 0 N–H and O–H groups in total. The first-order valence-electron chi connectivity index (χ1n) is 7.27. The minimum atomic E-state index is -0.453. The topological polar surface area (TPSA) is 78.5 Å². The van der Waals surface area contributed by atoms with Crippen molar-refractivity contribution in [3.63, 3.8) is 0 Å². The third kappa shape index (κ3) is 3.22. The zero-order chi connectivity index (χ0) is 18.0. The van der Waals surface area contributed by atoms with Gasteiger partial charge in [0.05, 0.1) is 29.4 Å². The Morgan fingerprint density at radius 1 is 1.40 bits per heavy atom. The number of amides is 1. The van der Waals surface area contributed by atoms with Crippen molar-refractivity contribution in [2.75, 3.05) is 7.11 Å². The van der Waals surface area contributed by atoms with Crippen molar-refractivity contribution < 1.29 is 14.3 Å². The number of thiazole rings is 1. The van der Waals surface area contributed by atoms with Crippen LogP contribution in [0.3, 0.4) is 0 Å². The number of fused-ring (bicyclic) bond motifs is 1. The second-order valence-corrected chi connectivity index (χ2v) is 6.15. The summed E-state index contributed by atoms with van der Waals surface area (Å²) in [7, 11) is 3.05. The van der Waals surface area contributed by atoms with Gasteiger partial charge in [-0.05, 0) is 24.3 Å². The van der Waals surface area contributed by atoms with Gasteiger partial charge >= 0.3 is 5.97 Å². The third-order valence-electron chi connectivity index (χ3n) is 3.48. The second kappa shape index (κ2) is 6.75. The summed E-state index contributed by atoms with van der Waals surface area (Å²) in [6.45, 7) is 0.256. The lowest BCUT2D eigenvalue weighted by Crippen LogP contribution is -2.16. The van der Waals surface area contributed by atoms with Gasteiger partial charge in [-0.15, -0.1) is 6.42 Å². The van der Waals surface area contributed by atoms with Crippen LogP contribution in [0.15, 0.2) is 35.5 Å². The largest absolute Gasteiger partial charge is 0.465 e. The van der Waals surface area contributed by atoms with Crippen LogP contribution in [0.2, 0.25) is 0 Å². The number of methoxy groups -OCH3 is 1. The van der Waals surface area contributed by atoms with E-state index in [4.69, 9.17) is 11.2 Å². The lowest BCUT2D eigenvalue weighted by atomic mass is 10.2. The average Bonchev–Trinajstić information content (AvgIpc) is 3.18. The SMILES string of the molecule is C#CCn1c(=NC(=O)c2ccn(C)n2)sc2cc(C(=O)OC)ccc21. The first kappa shape index (κ1) is 16.7. The average molecular weight is 354 g/mol. The Hall–Kier alpha value is -3.18. The number of nitrogens with zero attached hydrogens (tertiary/aromatic N) is 4. The molecule has 1 amide bonds. The van der Waals surface area contributed by atoms with E-state index >= 15 is 0 Å². The molecule has 0 atom stereocenters. The molecule has 1 aromatic carbocycles. The maximum absolute atomic E-state index is 12.3. The van der Waals surface area contributed by atoms with E-state index in [9.17, 15) is 9.59 Å². The highest BCUT2D eigenvalue weighted by molar-refractivity contribution is 7.16. The van der Waals surface area contributed by atoms with Crippen LogP contribution in [-0.2, 0) is 18.3 Å². The minimum Gasteiger partial charge on any atom is -0.465 e. The van der Waals surface area contributed by atoms with Gasteiger partial charge in [0.25, 0.3) is 5.91 Å². The molecule has 0 fully saturated rings. The maximum atomic E-state index is 12.3. The van der Waals surface area contributed by atoms with Gasteiger partial charge in [0.1, 0.15) is 0 Å². The van der Waals surface area contributed by atoms with Crippen LogP contribution in [0.25, 0.3) is 10.2 Å². The molecular weight excluding hydrogens is 340 g/mol. The van der Waals surface area contributed by atoms with Crippen molar-refractivity contribution in [1.29, 1.82) is 0 Å². The van der Waals surface area contributed by atoms with E-state index in [-0.39, 0.29) is 12.2 Å². The monoisotopic (exact) mass is 354 g/mol. The molecule has 25 heavy (non-hydrogen) atoms. The molecule has 8 heteroatoms. The van der Waals surface area contributed by atoms with Crippen LogP contribution < -0.4 is 4.80 Å². The second-order valence-electron chi connectivity index (χ2n) is 5.14. The van der Waals surface area contributed by atoms with Crippen LogP contribution in [0, 0.1) is 12.3 Å². The van der Waals surface area contributed by atoms with Crippen LogP contribution in [0.5, 0.6) is 0 Å². The highest BCUT2D eigenvalue weighted by Crippen LogP contribution is 2.20. The lowest BCUT2D eigenvalue weighted by molar-refractivity contribution is 0.0601. The van der Waals surface area contributed by atoms with Gasteiger partial charge in [-0.1, -0.05) is 17.3 Å². The zero-order valence-corrected chi connectivity index (χ0v) is 14.4. The van der Waals surface area contributed by atoms with Crippen molar-refractivity contribution >= 4 is 33.4 Å². The molecule has 0 aliphatic rings. The number of benzene rings is 1. The van der Waals surface area contributed by atoms with Gasteiger partial charge in [0.15, 0.2) is 10.5 Å². The number of esters is 1. The van der Waals surface area contributed by atoms with Crippen LogP contribution in [0.4, 0.5) is 0 Å². The van der Waals surface area contributed by atoms with E-state index in [1.165, 1.54) is 23.1 Å². The smallest absolute Gasteiger partial charge is 0.337 e. The molecule has 0 saturated carbocycles. The van der Waals surface area contributed by atoms with Gasteiger partial charge in [0.2, 0.25) is 0 Å². The number of carbonyl (C=O) groups is 2. The molecule has 0 aliphatic carbocycles. The number of aryl methyl sites for hydroxylation is 1. The highest BCUT2D eigenvalue weighted by atomic mass is 32.1. The Balaban J connectivity index is 2.14. The first-order chi connectivity index (χ1) is 12.0. The predicted molar refractivity (Wildman–Crippen MR) is 93.1 cm³/mol. The van der Waals surface area contributed by atoms with E-state index in [0.29, 0.717) is 10.4 Å². The standard InChI is InChI=1S/C17H14N4O3S/c1-4-8-21-13-6-5-11(16(23)24-3)10-14(13)25-17(21)18-15(22)12-7-9-20(2)19-12/h1,5-7,9-10H,8H2,2-3H3. The summed E-state index contributed by atoms with van der Waals surface area (Å²) >= 11 is 1.27. The Bertz CT molecular complexity index is 1080. The molecule has 0 unspecified atom stereocenters. The first-order valence-corrected chi connectivity index (χ1v) is 8.09. The molecule has 3 aromatic rings. The molecule has 7 nitrogen and oxygen atoms in total. The number of hydrogen-bond donors (Lipinski definition) is 0. The van der Waals surface area contributed by atoms with Gasteiger partial charge in [-0.25, -0.2) is 4.79 Å². The Labute approximate surface area is 147 Å². The van der Waals surface area contributed by atoms with Crippen LogP contribution >= 0.6 is 11.3 Å². The Kier molecular flexibility index (Phi) is 4.50. The van der Waals surface area contributed by atoms with Crippen molar-refractivity contribution in [3.05, 3.63) is 46.5 Å². The van der Waals surface area contributed by atoms with Crippen molar-refractivity contribution in [3.8, 4) is 12.3 Å². The van der Waals surface area contributed by atoms with Gasteiger partial charge in [0, 0.05) is 13.2 Å². The highest BCUT2D eigenvalue weighted by Gasteiger charge is 2.13. The van der Waals surface area contributed by atoms with Crippen molar-refractivity contribution in [2.24, 2.45) is 12.0 Å². The molecule has 3 rings (SSSR count). The predicted octanol–water partition coefficient (Wildman–Crippen LogP) is 1.60. The van der Waals surface area contributed by atoms with Crippen molar-refractivity contribution in [2.45, 2.75) is 6.54 Å². The number of aromatic nitrogens is 3. The summed E-state index contributed by atoms with van der Waals surface area (Å²) < 4.78 is 8.80. The minimum absolute atomic E-state index is 0.252. The fourth-order valence-corrected chi connectivity index (χ4v) is 3.39. The quantitative estimate of drug-likeness (QED) is 0.529. The third-order valence-corrected chi connectivity index (χ3v) is 4.52. The zero-order valence-electron chi connectivity index (χ0n) is 13.6. The molecule has 0 saturated heterocycles. The number of rotatable bonds is 3. The van der Waals surface area contributed by atoms with E-state index in [2.05, 4.69) is 16.0 Å². The number of hydrogen-bond acceptors (Lipinski definition) is 5. The van der Waals surface area contributed by atoms with E-state index in [0.717, 1.165) is 10.2 Å². The fraction of sp³-hybridized carbons (Fsp3) is 0.176. The van der Waals surface area contributed by atoms with E-state index < -0.39 is 11.9 Å². The summed E-state index contributed by atoms with van der Waals surface area (Å²) in [5, 5.41) is 4.05. The normalized spacial score (nSPS) is 11.5. The van der Waals surface area contributed by atoms with Gasteiger partial charge in [-0.2, -0.15) is 10.1 Å². The molecule has 0 aliphatic heterocycles. The fourth-order valence-electron chi connectivity index (χ4n) is 2.32. The molecule has 126 valence electrons. The van der Waals surface area contributed by atoms with E-state index in [1.807, 2.05) is 0 Å². The van der Waals surface area contributed by atoms with E-state index in [1.54, 1.807) is 42.1 Å². The number of terminal acetylenes is 1. The molecular formula is C17H14N4O3S. The van der Waals surface area contributed by atoms with Crippen LogP contribution in [0.1, 0.15) is 20.8 Å². The summed E-state index contributed by atoms with van der Waals surface area (Å²) in [5.74, 6) is 1.67. The Morgan fingerprint density at radius 2 is 2.20 bits per heavy atom. The molecule has 2 heterocycles. The Morgan fingerprint density at radius 3 is 2.84 bits per heavy atom. The lowest BCUT2D eigenvalue weighted by Gasteiger charge is -2.01.